The van der Waals surface area contributed by atoms with Crippen molar-refractivity contribution in [3.8, 4) is 23.0 Å². The second kappa shape index (κ2) is 5.77. The Morgan fingerprint density at radius 3 is 2.58 bits per heavy atom. The maximum absolute atomic E-state index is 12.6. The van der Waals surface area contributed by atoms with Gasteiger partial charge in [-0.05, 0) is 18.2 Å². The molecule has 0 spiro atoms. The molecule has 0 bridgehead atoms. The van der Waals surface area contributed by atoms with Gasteiger partial charge in [0.05, 0.1) is 10.2 Å². The lowest BCUT2D eigenvalue weighted by Crippen LogP contribution is -2.15. The highest BCUT2D eigenvalue weighted by atomic mass is 32.1. The normalized spacial score (nSPS) is 15.5. The molecule has 1 aromatic heterocycles. The van der Waals surface area contributed by atoms with Crippen LogP contribution in [0.4, 0.5) is 0 Å². The Kier molecular flexibility index (Phi) is 3.39. The van der Waals surface area contributed by atoms with Crippen molar-refractivity contribution >= 4 is 27.5 Å². The Labute approximate surface area is 152 Å². The van der Waals surface area contributed by atoms with Crippen LogP contribution in [-0.2, 0) is 7.05 Å². The van der Waals surface area contributed by atoms with E-state index in [2.05, 4.69) is 4.99 Å². The van der Waals surface area contributed by atoms with Gasteiger partial charge in [0.15, 0.2) is 27.8 Å². The SMILES string of the molecule is Cn1c(=NC(=O)c2ccc3c(c2)OCO3)sc2cc3c(cc21)OCCO3. The molecule has 0 radical (unpaired) electrons. The Bertz CT molecular complexity index is 1110. The average molecular weight is 370 g/mol. The highest BCUT2D eigenvalue weighted by molar-refractivity contribution is 7.16. The number of ether oxygens (including phenoxy) is 4. The summed E-state index contributed by atoms with van der Waals surface area (Å²) < 4.78 is 24.7. The first-order valence-corrected chi connectivity index (χ1v) is 8.88. The first-order valence-electron chi connectivity index (χ1n) is 8.07. The molecule has 26 heavy (non-hydrogen) atoms. The van der Waals surface area contributed by atoms with Crippen LogP contribution in [0.3, 0.4) is 0 Å². The molecule has 2 aliphatic heterocycles. The number of thiazole rings is 1. The van der Waals surface area contributed by atoms with Crippen LogP contribution in [0, 0.1) is 0 Å². The van der Waals surface area contributed by atoms with E-state index in [-0.39, 0.29) is 12.7 Å². The van der Waals surface area contributed by atoms with Crippen molar-refractivity contribution in [3.63, 3.8) is 0 Å². The molecule has 0 saturated carbocycles. The van der Waals surface area contributed by atoms with Crippen LogP contribution in [0.25, 0.3) is 10.2 Å². The van der Waals surface area contributed by atoms with E-state index in [1.54, 1.807) is 18.2 Å². The number of amides is 1. The lowest BCUT2D eigenvalue weighted by atomic mass is 10.2. The topological polar surface area (TPSA) is 71.3 Å². The molecular formula is C18H14N2O5S. The fourth-order valence-electron chi connectivity index (χ4n) is 2.95. The summed E-state index contributed by atoms with van der Waals surface area (Å²) in [6, 6.07) is 8.91. The summed E-state index contributed by atoms with van der Waals surface area (Å²) in [6.07, 6.45) is 0. The van der Waals surface area contributed by atoms with E-state index in [1.165, 1.54) is 11.3 Å². The van der Waals surface area contributed by atoms with Crippen molar-refractivity contribution in [3.05, 3.63) is 40.7 Å². The maximum atomic E-state index is 12.6. The fourth-order valence-corrected chi connectivity index (χ4v) is 3.98. The van der Waals surface area contributed by atoms with E-state index in [9.17, 15) is 4.79 Å². The van der Waals surface area contributed by atoms with Crippen LogP contribution in [0.15, 0.2) is 35.3 Å². The smallest absolute Gasteiger partial charge is 0.279 e. The van der Waals surface area contributed by atoms with E-state index in [0.29, 0.717) is 40.8 Å². The first-order chi connectivity index (χ1) is 12.7. The molecule has 132 valence electrons. The lowest BCUT2D eigenvalue weighted by molar-refractivity contribution is 0.0997. The van der Waals surface area contributed by atoms with E-state index in [4.69, 9.17) is 18.9 Å². The van der Waals surface area contributed by atoms with Crippen LogP contribution in [-0.4, -0.2) is 30.5 Å². The summed E-state index contributed by atoms with van der Waals surface area (Å²) >= 11 is 1.43. The molecule has 7 nitrogen and oxygen atoms in total. The number of hydrogen-bond donors (Lipinski definition) is 0. The molecule has 2 aliphatic rings. The van der Waals surface area contributed by atoms with E-state index >= 15 is 0 Å². The molecule has 0 fully saturated rings. The minimum Gasteiger partial charge on any atom is -0.486 e. The van der Waals surface area contributed by atoms with E-state index in [1.807, 2.05) is 23.7 Å². The van der Waals surface area contributed by atoms with Gasteiger partial charge in [-0.3, -0.25) is 4.79 Å². The minimum atomic E-state index is -0.331. The van der Waals surface area contributed by atoms with Crippen LogP contribution >= 0.6 is 11.3 Å². The van der Waals surface area contributed by atoms with Gasteiger partial charge in [0.2, 0.25) is 6.79 Å². The number of aryl methyl sites for hydroxylation is 1. The van der Waals surface area contributed by atoms with Crippen LogP contribution < -0.4 is 23.7 Å². The van der Waals surface area contributed by atoms with Gasteiger partial charge in [-0.15, -0.1) is 0 Å². The van der Waals surface area contributed by atoms with Crippen molar-refractivity contribution in [2.45, 2.75) is 0 Å². The molecule has 3 aromatic rings. The molecule has 0 N–H and O–H groups in total. The number of carbonyl (C=O) groups is 1. The monoisotopic (exact) mass is 370 g/mol. The molecule has 8 heteroatoms. The quantitative estimate of drug-likeness (QED) is 0.658. The number of rotatable bonds is 1. The van der Waals surface area contributed by atoms with Crippen LogP contribution in [0.1, 0.15) is 10.4 Å². The summed E-state index contributed by atoms with van der Waals surface area (Å²) in [5.74, 6) is 2.31. The van der Waals surface area contributed by atoms with Gasteiger partial charge >= 0.3 is 0 Å². The summed E-state index contributed by atoms with van der Waals surface area (Å²) in [7, 11) is 1.88. The second-order valence-electron chi connectivity index (χ2n) is 5.89. The van der Waals surface area contributed by atoms with Crippen LogP contribution in [0.5, 0.6) is 23.0 Å². The molecule has 3 heterocycles. The minimum absolute atomic E-state index is 0.171. The first kappa shape index (κ1) is 15.3. The van der Waals surface area contributed by atoms with Crippen molar-refractivity contribution < 1.29 is 23.7 Å². The van der Waals surface area contributed by atoms with Crippen molar-refractivity contribution in [2.75, 3.05) is 20.0 Å². The number of nitrogens with zero attached hydrogens (tertiary/aromatic N) is 2. The molecule has 1 amide bonds. The fraction of sp³-hybridized carbons (Fsp3) is 0.222. The molecule has 2 aromatic carbocycles. The summed E-state index contributed by atoms with van der Waals surface area (Å²) in [5.41, 5.74) is 1.40. The Hall–Kier alpha value is -3.00. The number of hydrogen-bond acceptors (Lipinski definition) is 6. The molecular weight excluding hydrogens is 356 g/mol. The van der Waals surface area contributed by atoms with Gasteiger partial charge in [-0.2, -0.15) is 4.99 Å². The maximum Gasteiger partial charge on any atom is 0.279 e. The van der Waals surface area contributed by atoms with Crippen molar-refractivity contribution in [1.29, 1.82) is 0 Å². The van der Waals surface area contributed by atoms with Gasteiger partial charge in [-0.1, -0.05) is 11.3 Å². The zero-order chi connectivity index (χ0) is 17.7. The van der Waals surface area contributed by atoms with Crippen molar-refractivity contribution in [1.82, 2.24) is 4.57 Å². The van der Waals surface area contributed by atoms with Gasteiger partial charge in [-0.25, -0.2) is 0 Å². The Morgan fingerprint density at radius 2 is 1.73 bits per heavy atom. The van der Waals surface area contributed by atoms with E-state index in [0.717, 1.165) is 16.0 Å². The number of carbonyl (C=O) groups excluding carboxylic acids is 1. The largest absolute Gasteiger partial charge is 0.486 e. The Morgan fingerprint density at radius 1 is 1.00 bits per heavy atom. The third kappa shape index (κ3) is 2.41. The summed E-state index contributed by atoms with van der Waals surface area (Å²) in [6.45, 7) is 1.24. The molecule has 5 rings (SSSR count). The average Bonchev–Trinajstić information content (AvgIpc) is 3.24. The Balaban J connectivity index is 1.57. The summed E-state index contributed by atoms with van der Waals surface area (Å²) in [5, 5.41) is 0. The highest BCUT2D eigenvalue weighted by Crippen LogP contribution is 2.35. The standard InChI is InChI=1S/C18H14N2O5S/c1-20-11-7-14-15(23-5-4-22-14)8-16(11)26-18(20)19-17(21)10-2-3-12-13(6-10)25-9-24-12/h2-3,6-8H,4-5,9H2,1H3. The highest BCUT2D eigenvalue weighted by Gasteiger charge is 2.18. The number of aromatic nitrogens is 1. The summed E-state index contributed by atoms with van der Waals surface area (Å²) in [4.78, 5) is 17.5. The van der Waals surface area contributed by atoms with Crippen LogP contribution in [0.2, 0.25) is 0 Å². The number of benzene rings is 2. The van der Waals surface area contributed by atoms with Gasteiger partial charge in [0, 0.05) is 24.7 Å². The zero-order valence-electron chi connectivity index (χ0n) is 13.9. The second-order valence-corrected chi connectivity index (χ2v) is 6.90. The lowest BCUT2D eigenvalue weighted by Gasteiger charge is -2.18. The number of fused-ring (bicyclic) bond motifs is 3. The molecule has 0 aliphatic carbocycles. The van der Waals surface area contributed by atoms with Gasteiger partial charge < -0.3 is 23.5 Å². The van der Waals surface area contributed by atoms with Gasteiger partial charge in [0.25, 0.3) is 5.91 Å². The molecule has 0 unspecified atom stereocenters. The van der Waals surface area contributed by atoms with Gasteiger partial charge in [0.1, 0.15) is 13.2 Å². The predicted molar refractivity (Wildman–Crippen MR) is 94.2 cm³/mol. The zero-order valence-corrected chi connectivity index (χ0v) is 14.7. The molecule has 0 saturated heterocycles. The van der Waals surface area contributed by atoms with Crippen molar-refractivity contribution in [2.24, 2.45) is 12.0 Å². The third-order valence-corrected chi connectivity index (χ3v) is 5.38. The predicted octanol–water partition coefficient (Wildman–Crippen LogP) is 2.48. The third-order valence-electron chi connectivity index (χ3n) is 4.29. The molecule has 0 atom stereocenters. The van der Waals surface area contributed by atoms with E-state index < -0.39 is 0 Å².